The molecular weight excluding hydrogens is 567 g/mol. The minimum Gasteiger partial charge on any atom is -0.870 e. The Labute approximate surface area is 256 Å². The summed E-state index contributed by atoms with van der Waals surface area (Å²) in [6, 6.07) is 14.4. The van der Waals surface area contributed by atoms with Crippen LogP contribution in [0.1, 0.15) is 27.7 Å². The molecule has 0 aromatic heterocycles. The number of rotatable bonds is 8. The molecule has 1 aliphatic heterocycles. The molecule has 0 atom stereocenters. The van der Waals surface area contributed by atoms with Crippen molar-refractivity contribution >= 4 is 66.5 Å². The Bertz CT molecular complexity index is 1770. The fraction of sp³-hybridized carbons (Fsp3) is 0.296. The van der Waals surface area contributed by atoms with E-state index in [1.165, 1.54) is 6.07 Å². The van der Waals surface area contributed by atoms with Gasteiger partial charge >= 0.3 is 0 Å². The van der Waals surface area contributed by atoms with Gasteiger partial charge in [-0.1, -0.05) is 6.07 Å². The van der Waals surface area contributed by atoms with Crippen LogP contribution in [0.25, 0.3) is 33.4 Å². The molecule has 0 fully saturated rings. The molecule has 3 N–H and O–H groups in total. The van der Waals surface area contributed by atoms with Crippen molar-refractivity contribution in [3.63, 3.8) is 0 Å². The van der Waals surface area contributed by atoms with Crippen LogP contribution in [-0.2, 0) is 20.2 Å². The van der Waals surface area contributed by atoms with Gasteiger partial charge in [-0.2, -0.15) is 16.8 Å². The van der Waals surface area contributed by atoms with Gasteiger partial charge in [0.15, 0.2) is 0 Å². The Balaban J connectivity index is 0.00000280. The fourth-order valence-corrected chi connectivity index (χ4v) is 6.12. The topological polar surface area (TPSA) is 158 Å². The Morgan fingerprint density at radius 1 is 0.800 bits per heavy atom. The molecule has 0 amide bonds. The molecule has 0 spiro atoms. The van der Waals surface area contributed by atoms with E-state index in [0.717, 1.165) is 49.4 Å². The molecule has 0 bridgehead atoms. The second-order valence-corrected chi connectivity index (χ2v) is 11.6. The summed E-state index contributed by atoms with van der Waals surface area (Å²) < 4.78 is 76.6. The van der Waals surface area contributed by atoms with Crippen molar-refractivity contribution in [3.05, 3.63) is 60.0 Å². The SMILES string of the molecule is CCN(CC)c1ccc2c(-c3ccc(S(=O)(=O)O)cc3S(=O)(=O)O)c3ccc(=[N+](CC)CC)cc-3oc2c1.[Na].[OH-]. The molecule has 0 unspecified atom stereocenters. The van der Waals surface area contributed by atoms with Crippen LogP contribution in [0.15, 0.2) is 68.8 Å². The van der Waals surface area contributed by atoms with Crippen LogP contribution >= 0.6 is 0 Å². The fourth-order valence-electron chi connectivity index (χ4n) is 4.81. The number of benzene rings is 3. The summed E-state index contributed by atoms with van der Waals surface area (Å²) in [6.45, 7) is 11.3. The van der Waals surface area contributed by atoms with Gasteiger partial charge in [-0.3, -0.25) is 9.11 Å². The quantitative estimate of drug-likeness (QED) is 0.133. The first kappa shape index (κ1) is 33.9. The molecule has 1 radical (unpaired) electrons. The Morgan fingerprint density at radius 2 is 1.43 bits per heavy atom. The number of hydrogen-bond donors (Lipinski definition) is 2. The van der Waals surface area contributed by atoms with Crippen LogP contribution in [0, 0.1) is 0 Å². The molecule has 4 rings (SSSR count). The van der Waals surface area contributed by atoms with Gasteiger partial charge in [0.1, 0.15) is 29.3 Å². The Kier molecular flexibility index (Phi) is 11.1. The van der Waals surface area contributed by atoms with Gasteiger partial charge in [-0.05, 0) is 58.0 Å². The van der Waals surface area contributed by atoms with E-state index < -0.39 is 30.0 Å². The van der Waals surface area contributed by atoms with E-state index in [4.69, 9.17) is 4.42 Å². The van der Waals surface area contributed by atoms with Crippen LogP contribution < -0.4 is 14.8 Å². The third-order valence-electron chi connectivity index (χ3n) is 6.74. The van der Waals surface area contributed by atoms with Crippen molar-refractivity contribution in [2.75, 3.05) is 31.1 Å². The van der Waals surface area contributed by atoms with Crippen molar-refractivity contribution in [1.82, 2.24) is 4.58 Å². The molecule has 2 aromatic rings. The van der Waals surface area contributed by atoms with Crippen molar-refractivity contribution < 1.29 is 35.8 Å². The molecular formula is C27H32N2NaO8S2. The summed E-state index contributed by atoms with van der Waals surface area (Å²) >= 11 is 0. The summed E-state index contributed by atoms with van der Waals surface area (Å²) in [7, 11) is -9.60. The largest absolute Gasteiger partial charge is 0.870 e. The molecule has 40 heavy (non-hydrogen) atoms. The zero-order valence-corrected chi connectivity index (χ0v) is 26.8. The van der Waals surface area contributed by atoms with Crippen LogP contribution in [0.4, 0.5) is 5.69 Å². The third-order valence-corrected chi connectivity index (χ3v) is 8.49. The van der Waals surface area contributed by atoms with Crippen molar-refractivity contribution in [2.45, 2.75) is 37.5 Å². The Hall–Kier alpha value is -2.29. The molecule has 2 aliphatic rings. The average Bonchev–Trinajstić information content (AvgIpc) is 2.87. The molecule has 211 valence electrons. The summed E-state index contributed by atoms with van der Waals surface area (Å²) in [4.78, 5) is 0.869. The first-order valence-corrected chi connectivity index (χ1v) is 15.2. The van der Waals surface area contributed by atoms with E-state index in [1.54, 1.807) is 0 Å². The number of anilines is 1. The van der Waals surface area contributed by atoms with Gasteiger partial charge in [-0.15, -0.1) is 0 Å². The maximum Gasteiger partial charge on any atom is 0.295 e. The minimum atomic E-state index is -4.88. The molecule has 0 saturated carbocycles. The van der Waals surface area contributed by atoms with Gasteiger partial charge in [0.25, 0.3) is 20.2 Å². The second-order valence-electron chi connectivity index (χ2n) is 8.79. The zero-order valence-electron chi connectivity index (χ0n) is 23.1. The van der Waals surface area contributed by atoms with Gasteiger partial charge < -0.3 is 14.8 Å². The van der Waals surface area contributed by atoms with Gasteiger partial charge in [0.2, 0.25) is 5.36 Å². The maximum absolute atomic E-state index is 12.5. The molecule has 13 heteroatoms. The molecule has 2 aromatic carbocycles. The Morgan fingerprint density at radius 3 is 1.98 bits per heavy atom. The normalized spacial score (nSPS) is 11.7. The number of hydrogen-bond acceptors (Lipinski definition) is 7. The van der Waals surface area contributed by atoms with Gasteiger partial charge in [0, 0.05) is 82.5 Å². The predicted molar refractivity (Wildman–Crippen MR) is 156 cm³/mol. The number of fused-ring (bicyclic) bond motifs is 2. The predicted octanol–water partition coefficient (Wildman–Crippen LogP) is 3.80. The van der Waals surface area contributed by atoms with Gasteiger partial charge in [0.05, 0.1) is 11.0 Å². The van der Waals surface area contributed by atoms with E-state index in [-0.39, 0.29) is 40.6 Å². The average molecular weight is 600 g/mol. The molecule has 1 aliphatic carbocycles. The molecule has 1 heterocycles. The van der Waals surface area contributed by atoms with E-state index in [2.05, 4.69) is 9.48 Å². The van der Waals surface area contributed by atoms with Crippen LogP contribution in [0.2, 0.25) is 0 Å². The minimum absolute atomic E-state index is 0. The molecule has 0 saturated heterocycles. The van der Waals surface area contributed by atoms with Crippen LogP contribution in [-0.4, -0.2) is 87.2 Å². The second kappa shape index (κ2) is 13.1. The summed E-state index contributed by atoms with van der Waals surface area (Å²) in [6.07, 6.45) is 0. The van der Waals surface area contributed by atoms with Crippen LogP contribution in [0.3, 0.4) is 0 Å². The van der Waals surface area contributed by atoms with Crippen LogP contribution in [0.5, 0.6) is 0 Å². The monoisotopic (exact) mass is 599 g/mol. The van der Waals surface area contributed by atoms with E-state index in [0.29, 0.717) is 27.9 Å². The molecule has 10 nitrogen and oxygen atoms in total. The standard InChI is InChI=1S/C27H30N2O7S2.Na.H2O/c1-5-28(6-2)18-9-12-21-24(15-18)36-25-16-19(29(7-3)8-4)10-13-22(25)27(21)23-14-11-20(37(30,31)32)17-26(23)38(33,34)35;;/h9-17H,5-8H2,1-4H3,(H-,30,31,32,33,34,35);;1H2. The number of nitrogens with zero attached hydrogens (tertiary/aromatic N) is 2. The van der Waals surface area contributed by atoms with E-state index in [9.17, 15) is 25.9 Å². The van der Waals surface area contributed by atoms with Crippen molar-refractivity contribution in [2.24, 2.45) is 0 Å². The third kappa shape index (κ3) is 6.60. The zero-order chi connectivity index (χ0) is 27.8. The van der Waals surface area contributed by atoms with E-state index >= 15 is 0 Å². The first-order chi connectivity index (χ1) is 17.9. The first-order valence-electron chi connectivity index (χ1n) is 12.4. The summed E-state index contributed by atoms with van der Waals surface area (Å²) in [5.41, 5.74) is 2.53. The van der Waals surface area contributed by atoms with Crippen molar-refractivity contribution in [3.8, 4) is 22.5 Å². The van der Waals surface area contributed by atoms with Crippen molar-refractivity contribution in [1.29, 1.82) is 0 Å². The van der Waals surface area contributed by atoms with E-state index in [1.807, 2.05) is 64.1 Å². The smallest absolute Gasteiger partial charge is 0.295 e. The maximum atomic E-state index is 12.5. The summed E-state index contributed by atoms with van der Waals surface area (Å²) in [5.74, 6) is 0.494. The summed E-state index contributed by atoms with van der Waals surface area (Å²) in [5, 5.41) is 1.50. The van der Waals surface area contributed by atoms with Gasteiger partial charge in [-0.25, -0.2) is 4.58 Å².